The van der Waals surface area contributed by atoms with Gasteiger partial charge in [0.05, 0.1) is 11.7 Å². The third kappa shape index (κ3) is 3.90. The first-order chi connectivity index (χ1) is 11.1. The zero-order valence-electron chi connectivity index (χ0n) is 12.8. The molecular weight excluding hydrogens is 312 g/mol. The molecule has 2 aromatic rings. The average molecular weight is 330 g/mol. The van der Waals surface area contributed by atoms with Crippen LogP contribution >= 0.6 is 11.3 Å². The molecule has 23 heavy (non-hydrogen) atoms. The van der Waals surface area contributed by atoms with Gasteiger partial charge in [0.2, 0.25) is 5.91 Å². The minimum atomic E-state index is -0.165. The van der Waals surface area contributed by atoms with E-state index in [0.717, 1.165) is 12.0 Å². The lowest BCUT2D eigenvalue weighted by atomic mass is 10.1. The number of thiophene rings is 1. The number of benzene rings is 1. The molecule has 1 aromatic heterocycles. The summed E-state index contributed by atoms with van der Waals surface area (Å²) in [6.07, 6.45) is 1.22. The summed E-state index contributed by atoms with van der Waals surface area (Å²) < 4.78 is 5.33. The summed E-state index contributed by atoms with van der Waals surface area (Å²) in [5.74, 6) is 0.510. The number of rotatable bonds is 5. The van der Waals surface area contributed by atoms with Gasteiger partial charge in [-0.1, -0.05) is 12.1 Å². The lowest BCUT2D eigenvalue weighted by molar-refractivity contribution is -0.121. The number of hydrogen-bond acceptors (Lipinski definition) is 4. The minimum Gasteiger partial charge on any atom is -0.482 e. The molecule has 0 aliphatic carbocycles. The van der Waals surface area contributed by atoms with E-state index in [2.05, 4.69) is 10.6 Å². The maximum Gasteiger partial charge on any atom is 0.262 e. The highest BCUT2D eigenvalue weighted by atomic mass is 32.1. The normalized spacial score (nSPS) is 14.4. The van der Waals surface area contributed by atoms with E-state index in [0.29, 0.717) is 17.9 Å². The molecule has 0 saturated heterocycles. The van der Waals surface area contributed by atoms with E-state index in [1.54, 1.807) is 11.3 Å². The number of aryl methyl sites for hydroxylation is 1. The van der Waals surface area contributed by atoms with Crippen molar-refractivity contribution >= 4 is 28.8 Å². The second-order valence-electron chi connectivity index (χ2n) is 5.46. The molecule has 1 unspecified atom stereocenters. The Morgan fingerprint density at radius 1 is 1.43 bits per heavy atom. The number of fused-ring (bicyclic) bond motifs is 1. The quantitative estimate of drug-likeness (QED) is 0.886. The third-order valence-electron chi connectivity index (χ3n) is 3.69. The molecule has 0 radical (unpaired) electrons. The van der Waals surface area contributed by atoms with Gasteiger partial charge in [-0.3, -0.25) is 9.59 Å². The van der Waals surface area contributed by atoms with Gasteiger partial charge in [-0.05, 0) is 42.5 Å². The number of amides is 2. The maximum absolute atomic E-state index is 12.1. The van der Waals surface area contributed by atoms with Gasteiger partial charge < -0.3 is 15.4 Å². The summed E-state index contributed by atoms with van der Waals surface area (Å²) in [5, 5.41) is 7.78. The molecule has 0 saturated carbocycles. The van der Waals surface area contributed by atoms with Crippen LogP contribution in [0.2, 0.25) is 0 Å². The summed E-state index contributed by atoms with van der Waals surface area (Å²) in [7, 11) is 0. The van der Waals surface area contributed by atoms with Crippen LogP contribution in [0.4, 0.5) is 5.69 Å². The van der Waals surface area contributed by atoms with Crippen molar-refractivity contribution in [3.05, 3.63) is 46.2 Å². The lowest BCUT2D eigenvalue weighted by Gasteiger charge is -2.21. The van der Waals surface area contributed by atoms with Gasteiger partial charge in [-0.15, -0.1) is 11.3 Å². The predicted octanol–water partition coefficient (Wildman–Crippen LogP) is 2.89. The minimum absolute atomic E-state index is 0.0175. The van der Waals surface area contributed by atoms with E-state index < -0.39 is 0 Å². The molecule has 1 aliphatic rings. The van der Waals surface area contributed by atoms with Gasteiger partial charge in [0, 0.05) is 11.3 Å². The fraction of sp³-hybridized carbons (Fsp3) is 0.294. The van der Waals surface area contributed by atoms with Gasteiger partial charge in [-0.25, -0.2) is 0 Å². The molecule has 1 aliphatic heterocycles. The highest BCUT2D eigenvalue weighted by molar-refractivity contribution is 7.09. The van der Waals surface area contributed by atoms with Gasteiger partial charge in [0.25, 0.3) is 5.91 Å². The van der Waals surface area contributed by atoms with Crippen molar-refractivity contribution < 1.29 is 14.3 Å². The highest BCUT2D eigenvalue weighted by Gasteiger charge is 2.18. The Labute approximate surface area is 138 Å². The summed E-state index contributed by atoms with van der Waals surface area (Å²) in [5.41, 5.74) is 1.58. The summed E-state index contributed by atoms with van der Waals surface area (Å²) in [6.45, 7) is 1.97. The SMILES string of the molecule is CC(NC(=O)CCc1cccs1)c1ccc2c(c1)NC(=O)CO2. The van der Waals surface area contributed by atoms with Crippen LogP contribution < -0.4 is 15.4 Å². The topological polar surface area (TPSA) is 67.4 Å². The molecule has 1 atom stereocenters. The Hall–Kier alpha value is -2.34. The molecule has 2 N–H and O–H groups in total. The zero-order chi connectivity index (χ0) is 16.2. The third-order valence-corrected chi connectivity index (χ3v) is 4.63. The van der Waals surface area contributed by atoms with Crippen LogP contribution in [-0.2, 0) is 16.0 Å². The molecule has 5 nitrogen and oxygen atoms in total. The van der Waals surface area contributed by atoms with Crippen molar-refractivity contribution in [2.75, 3.05) is 11.9 Å². The highest BCUT2D eigenvalue weighted by Crippen LogP contribution is 2.30. The number of nitrogens with one attached hydrogen (secondary N) is 2. The molecule has 0 spiro atoms. The van der Waals surface area contributed by atoms with Crippen LogP contribution in [0.15, 0.2) is 35.7 Å². The van der Waals surface area contributed by atoms with Gasteiger partial charge >= 0.3 is 0 Å². The van der Waals surface area contributed by atoms with Crippen molar-refractivity contribution in [3.8, 4) is 5.75 Å². The standard InChI is InChI=1S/C17H18N2O3S/c1-11(18-16(20)7-5-13-3-2-8-23-13)12-4-6-15-14(9-12)19-17(21)10-22-15/h2-4,6,8-9,11H,5,7,10H2,1H3,(H,18,20)(H,19,21). The zero-order valence-corrected chi connectivity index (χ0v) is 13.6. The molecule has 3 rings (SSSR count). The van der Waals surface area contributed by atoms with Crippen molar-refractivity contribution in [2.45, 2.75) is 25.8 Å². The van der Waals surface area contributed by atoms with E-state index in [1.165, 1.54) is 4.88 Å². The monoisotopic (exact) mass is 330 g/mol. The average Bonchev–Trinajstić information content (AvgIpc) is 3.05. The van der Waals surface area contributed by atoms with Crippen molar-refractivity contribution in [1.82, 2.24) is 5.32 Å². The second-order valence-corrected chi connectivity index (χ2v) is 6.49. The Morgan fingerprint density at radius 2 is 2.30 bits per heavy atom. The van der Waals surface area contributed by atoms with Crippen LogP contribution in [0, 0.1) is 0 Å². The first kappa shape index (κ1) is 15.6. The van der Waals surface area contributed by atoms with E-state index in [9.17, 15) is 9.59 Å². The first-order valence-corrected chi connectivity index (χ1v) is 8.38. The number of ether oxygens (including phenoxy) is 1. The Morgan fingerprint density at radius 3 is 3.09 bits per heavy atom. The Bertz CT molecular complexity index is 713. The maximum atomic E-state index is 12.1. The molecule has 2 amide bonds. The number of carbonyl (C=O) groups excluding carboxylic acids is 2. The fourth-order valence-electron chi connectivity index (χ4n) is 2.46. The van der Waals surface area contributed by atoms with Crippen LogP contribution in [0.25, 0.3) is 0 Å². The van der Waals surface area contributed by atoms with Gasteiger partial charge in [0.15, 0.2) is 6.61 Å². The van der Waals surface area contributed by atoms with E-state index in [1.807, 2.05) is 42.6 Å². The Kier molecular flexibility index (Phi) is 4.62. The molecule has 6 heteroatoms. The van der Waals surface area contributed by atoms with E-state index in [-0.39, 0.29) is 24.5 Å². The fourth-order valence-corrected chi connectivity index (χ4v) is 3.17. The second kappa shape index (κ2) is 6.83. The Balaban J connectivity index is 1.59. The van der Waals surface area contributed by atoms with Gasteiger partial charge in [0.1, 0.15) is 5.75 Å². The van der Waals surface area contributed by atoms with Crippen molar-refractivity contribution in [3.63, 3.8) is 0 Å². The van der Waals surface area contributed by atoms with Crippen LogP contribution in [0.5, 0.6) is 5.75 Å². The van der Waals surface area contributed by atoms with Crippen molar-refractivity contribution in [2.24, 2.45) is 0 Å². The van der Waals surface area contributed by atoms with Crippen LogP contribution in [0.3, 0.4) is 0 Å². The molecule has 120 valence electrons. The number of hydrogen-bond donors (Lipinski definition) is 2. The van der Waals surface area contributed by atoms with Gasteiger partial charge in [-0.2, -0.15) is 0 Å². The molecule has 1 aromatic carbocycles. The number of anilines is 1. The van der Waals surface area contributed by atoms with Crippen LogP contribution in [0.1, 0.15) is 29.8 Å². The predicted molar refractivity (Wildman–Crippen MR) is 89.8 cm³/mol. The molecule has 2 heterocycles. The summed E-state index contributed by atoms with van der Waals surface area (Å²) in [6, 6.07) is 9.46. The van der Waals surface area contributed by atoms with E-state index in [4.69, 9.17) is 4.74 Å². The summed E-state index contributed by atoms with van der Waals surface area (Å²) in [4.78, 5) is 24.6. The van der Waals surface area contributed by atoms with Crippen LogP contribution in [-0.4, -0.2) is 18.4 Å². The molecule has 0 fully saturated rings. The first-order valence-electron chi connectivity index (χ1n) is 7.50. The molecule has 0 bridgehead atoms. The molecular formula is C17H18N2O3S. The van der Waals surface area contributed by atoms with E-state index >= 15 is 0 Å². The smallest absolute Gasteiger partial charge is 0.262 e. The summed E-state index contributed by atoms with van der Waals surface area (Å²) >= 11 is 1.66. The number of carbonyl (C=O) groups is 2. The van der Waals surface area contributed by atoms with Crippen molar-refractivity contribution in [1.29, 1.82) is 0 Å². The lowest BCUT2D eigenvalue weighted by Crippen LogP contribution is -2.28. The largest absolute Gasteiger partial charge is 0.482 e.